The number of esters is 1. The van der Waals surface area contributed by atoms with E-state index >= 15 is 0 Å². The molecule has 0 spiro atoms. The van der Waals surface area contributed by atoms with Crippen LogP contribution in [-0.4, -0.2) is 41.1 Å². The molecule has 0 aliphatic heterocycles. The van der Waals surface area contributed by atoms with Crippen molar-refractivity contribution in [3.8, 4) is 5.75 Å². The van der Waals surface area contributed by atoms with E-state index in [1.165, 1.54) is 32.4 Å². The minimum Gasteiger partial charge on any atom is -0.495 e. The number of sulfonamides is 1. The zero-order chi connectivity index (χ0) is 21.6. The van der Waals surface area contributed by atoms with Gasteiger partial charge in [-0.1, -0.05) is 12.1 Å². The summed E-state index contributed by atoms with van der Waals surface area (Å²) in [6.45, 7) is 1.12. The maximum atomic E-state index is 13.5. The van der Waals surface area contributed by atoms with Gasteiger partial charge in [0.05, 0.1) is 12.7 Å². The number of rotatable bonds is 8. The molecule has 0 aliphatic rings. The van der Waals surface area contributed by atoms with Gasteiger partial charge in [0.1, 0.15) is 16.5 Å². The molecule has 0 heterocycles. The van der Waals surface area contributed by atoms with Crippen molar-refractivity contribution in [3.05, 3.63) is 58.9 Å². The van der Waals surface area contributed by atoms with E-state index in [2.05, 4.69) is 10.0 Å². The van der Waals surface area contributed by atoms with Gasteiger partial charge in [-0.15, -0.1) is 0 Å². The third-order valence-electron chi connectivity index (χ3n) is 4.02. The van der Waals surface area contributed by atoms with Crippen LogP contribution < -0.4 is 14.8 Å². The van der Waals surface area contributed by atoms with E-state index in [4.69, 9.17) is 9.47 Å². The summed E-state index contributed by atoms with van der Waals surface area (Å²) in [5.41, 5.74) is 0.992. The van der Waals surface area contributed by atoms with E-state index in [0.717, 1.165) is 6.07 Å². The molecule has 10 heteroatoms. The summed E-state index contributed by atoms with van der Waals surface area (Å²) in [5, 5.41) is 2.51. The fourth-order valence-corrected chi connectivity index (χ4v) is 3.25. The normalized spacial score (nSPS) is 11.0. The maximum absolute atomic E-state index is 13.5. The van der Waals surface area contributed by atoms with Crippen LogP contribution in [0, 0.1) is 12.7 Å². The number of nitrogens with one attached hydrogen (secondary N) is 2. The number of benzene rings is 2. The molecule has 0 aliphatic carbocycles. The van der Waals surface area contributed by atoms with Crippen LogP contribution in [0.15, 0.2) is 41.3 Å². The van der Waals surface area contributed by atoms with Crippen LogP contribution in [0.2, 0.25) is 0 Å². The van der Waals surface area contributed by atoms with Crippen LogP contribution in [0.4, 0.5) is 4.39 Å². The second-order valence-electron chi connectivity index (χ2n) is 6.01. The van der Waals surface area contributed by atoms with Gasteiger partial charge in [-0.2, -0.15) is 0 Å². The number of carbonyl (C=O) groups is 2. The summed E-state index contributed by atoms with van der Waals surface area (Å²) >= 11 is 0. The second kappa shape index (κ2) is 9.48. The fourth-order valence-electron chi connectivity index (χ4n) is 2.34. The summed E-state index contributed by atoms with van der Waals surface area (Å²) in [6, 6.07) is 8.31. The van der Waals surface area contributed by atoms with Crippen molar-refractivity contribution in [2.24, 2.45) is 0 Å². The van der Waals surface area contributed by atoms with Gasteiger partial charge >= 0.3 is 5.97 Å². The summed E-state index contributed by atoms with van der Waals surface area (Å²) in [5.74, 6) is -1.79. The van der Waals surface area contributed by atoms with Crippen LogP contribution in [0.25, 0.3) is 0 Å². The maximum Gasteiger partial charge on any atom is 0.338 e. The average Bonchev–Trinajstić information content (AvgIpc) is 2.72. The predicted octanol–water partition coefficient (Wildman–Crippen LogP) is 1.52. The Morgan fingerprint density at radius 3 is 2.48 bits per heavy atom. The molecule has 29 heavy (non-hydrogen) atoms. The van der Waals surface area contributed by atoms with E-state index in [1.54, 1.807) is 19.1 Å². The summed E-state index contributed by atoms with van der Waals surface area (Å²) in [7, 11) is -1.34. The topological polar surface area (TPSA) is 111 Å². The Bertz CT molecular complexity index is 1020. The van der Waals surface area contributed by atoms with E-state index in [0.29, 0.717) is 11.1 Å². The Morgan fingerprint density at radius 2 is 1.86 bits per heavy atom. The lowest BCUT2D eigenvalue weighted by Crippen LogP contribution is -2.28. The van der Waals surface area contributed by atoms with Crippen molar-refractivity contribution in [1.82, 2.24) is 10.0 Å². The molecule has 156 valence electrons. The highest BCUT2D eigenvalue weighted by molar-refractivity contribution is 7.89. The van der Waals surface area contributed by atoms with Crippen LogP contribution >= 0.6 is 0 Å². The van der Waals surface area contributed by atoms with Gasteiger partial charge in [-0.25, -0.2) is 22.3 Å². The number of ether oxygens (including phenoxy) is 2. The highest BCUT2D eigenvalue weighted by Gasteiger charge is 2.21. The van der Waals surface area contributed by atoms with Crippen molar-refractivity contribution in [2.45, 2.75) is 18.4 Å². The molecule has 0 atom stereocenters. The Labute approximate surface area is 168 Å². The van der Waals surface area contributed by atoms with Crippen LogP contribution in [0.5, 0.6) is 5.75 Å². The molecule has 0 unspecified atom stereocenters. The summed E-state index contributed by atoms with van der Waals surface area (Å²) in [4.78, 5) is 23.8. The minimum absolute atomic E-state index is 0.0546. The molecule has 0 bridgehead atoms. The van der Waals surface area contributed by atoms with Gasteiger partial charge in [-0.05, 0) is 49.4 Å². The van der Waals surface area contributed by atoms with Crippen LogP contribution in [0.3, 0.4) is 0 Å². The van der Waals surface area contributed by atoms with E-state index < -0.39 is 28.5 Å². The number of aryl methyl sites for hydroxylation is 1. The average molecular weight is 424 g/mol. The Hall–Kier alpha value is -2.98. The monoisotopic (exact) mass is 424 g/mol. The quantitative estimate of drug-likeness (QED) is 0.622. The minimum atomic E-state index is -3.87. The molecular weight excluding hydrogens is 403 g/mol. The molecule has 0 fully saturated rings. The first-order valence-electron chi connectivity index (χ1n) is 8.48. The van der Waals surface area contributed by atoms with Gasteiger partial charge in [0.2, 0.25) is 10.0 Å². The molecule has 0 saturated heterocycles. The smallest absolute Gasteiger partial charge is 0.338 e. The van der Waals surface area contributed by atoms with Gasteiger partial charge in [0.25, 0.3) is 5.91 Å². The zero-order valence-electron chi connectivity index (χ0n) is 16.1. The number of amides is 1. The molecule has 0 radical (unpaired) electrons. The molecular formula is C19H21FN2O6S. The number of hydrogen-bond donors (Lipinski definition) is 2. The molecule has 0 saturated carbocycles. The molecule has 2 aromatic carbocycles. The molecule has 0 aromatic heterocycles. The highest BCUT2D eigenvalue weighted by atomic mass is 32.2. The van der Waals surface area contributed by atoms with Gasteiger partial charge < -0.3 is 14.8 Å². The van der Waals surface area contributed by atoms with Crippen LogP contribution in [-0.2, 0) is 26.1 Å². The van der Waals surface area contributed by atoms with Crippen LogP contribution in [0.1, 0.15) is 21.5 Å². The number of carbonyl (C=O) groups excluding carboxylic acids is 2. The molecule has 8 nitrogen and oxygen atoms in total. The number of hydrogen-bond acceptors (Lipinski definition) is 6. The third-order valence-corrected chi connectivity index (χ3v) is 5.45. The lowest BCUT2D eigenvalue weighted by atomic mass is 10.1. The number of methoxy groups -OCH3 is 1. The van der Waals surface area contributed by atoms with Crippen molar-refractivity contribution in [1.29, 1.82) is 0 Å². The zero-order valence-corrected chi connectivity index (χ0v) is 16.9. The third kappa shape index (κ3) is 5.75. The summed E-state index contributed by atoms with van der Waals surface area (Å²) < 4.78 is 49.7. The summed E-state index contributed by atoms with van der Waals surface area (Å²) in [6.07, 6.45) is 0. The predicted molar refractivity (Wildman–Crippen MR) is 103 cm³/mol. The fraction of sp³-hybridized carbons (Fsp3) is 0.263. The standard InChI is InChI=1S/C19H21FN2O6S/c1-12-4-5-13(8-15(12)20)10-22-18(23)11-28-19(24)14-6-7-16(27-3)17(9-14)29(25,26)21-2/h4-9,21H,10-11H2,1-3H3,(H,22,23). The Balaban J connectivity index is 1.98. The largest absolute Gasteiger partial charge is 0.495 e. The highest BCUT2D eigenvalue weighted by Crippen LogP contribution is 2.25. The van der Waals surface area contributed by atoms with Gasteiger partial charge in [-0.3, -0.25) is 4.79 Å². The van der Waals surface area contributed by atoms with Crippen molar-refractivity contribution < 1.29 is 31.9 Å². The molecule has 2 aromatic rings. The van der Waals surface area contributed by atoms with E-state index in [9.17, 15) is 22.4 Å². The van der Waals surface area contributed by atoms with E-state index in [-0.39, 0.29) is 28.6 Å². The Kier molecular flexibility index (Phi) is 7.29. The number of halogens is 1. The first kappa shape index (κ1) is 22.3. The van der Waals surface area contributed by atoms with Gasteiger partial charge in [0.15, 0.2) is 6.61 Å². The van der Waals surface area contributed by atoms with E-state index in [1.807, 2.05) is 0 Å². The van der Waals surface area contributed by atoms with Crippen molar-refractivity contribution in [2.75, 3.05) is 20.8 Å². The molecule has 2 N–H and O–H groups in total. The SMILES string of the molecule is CNS(=O)(=O)c1cc(C(=O)OCC(=O)NCc2ccc(C)c(F)c2)ccc1OC. The first-order chi connectivity index (χ1) is 13.7. The van der Waals surface area contributed by atoms with Crippen molar-refractivity contribution in [3.63, 3.8) is 0 Å². The molecule has 2 rings (SSSR count). The first-order valence-corrected chi connectivity index (χ1v) is 9.96. The van der Waals surface area contributed by atoms with Gasteiger partial charge in [0, 0.05) is 6.54 Å². The lowest BCUT2D eigenvalue weighted by Gasteiger charge is -2.11. The lowest BCUT2D eigenvalue weighted by molar-refractivity contribution is -0.124. The Morgan fingerprint density at radius 1 is 1.14 bits per heavy atom. The van der Waals surface area contributed by atoms with Crippen molar-refractivity contribution >= 4 is 21.9 Å². The molecule has 1 amide bonds. The second-order valence-corrected chi connectivity index (χ2v) is 7.86.